The van der Waals surface area contributed by atoms with Crippen molar-refractivity contribution in [2.75, 3.05) is 26.7 Å². The van der Waals surface area contributed by atoms with Gasteiger partial charge in [-0.05, 0) is 23.6 Å². The van der Waals surface area contributed by atoms with Crippen LogP contribution in [0.25, 0.3) is 0 Å². The molecule has 7 heteroatoms. The summed E-state index contributed by atoms with van der Waals surface area (Å²) in [7, 11) is 1.28. The van der Waals surface area contributed by atoms with Gasteiger partial charge in [-0.15, -0.1) is 0 Å². The van der Waals surface area contributed by atoms with Crippen molar-refractivity contribution in [3.63, 3.8) is 0 Å². The zero-order valence-corrected chi connectivity index (χ0v) is 17.7. The molecule has 1 fully saturated rings. The summed E-state index contributed by atoms with van der Waals surface area (Å²) in [5, 5.41) is 0.521. The van der Waals surface area contributed by atoms with E-state index in [0.717, 1.165) is 17.5 Å². The number of methoxy groups -OCH3 is 1. The lowest BCUT2D eigenvalue weighted by atomic mass is 10.1. The number of hydrogen-bond acceptors (Lipinski definition) is 4. The third-order valence-corrected chi connectivity index (χ3v) is 5.62. The van der Waals surface area contributed by atoms with Gasteiger partial charge in [0.25, 0.3) is 0 Å². The van der Waals surface area contributed by atoms with Gasteiger partial charge in [0.15, 0.2) is 0 Å². The predicted molar refractivity (Wildman–Crippen MR) is 114 cm³/mol. The molecule has 1 atom stereocenters. The first kappa shape index (κ1) is 21.8. The summed E-state index contributed by atoms with van der Waals surface area (Å²) < 4.78 is 4.75. The molecule has 1 heterocycles. The van der Waals surface area contributed by atoms with Gasteiger partial charge in [-0.25, -0.2) is 0 Å². The van der Waals surface area contributed by atoms with E-state index in [2.05, 4.69) is 0 Å². The number of benzene rings is 2. The summed E-state index contributed by atoms with van der Waals surface area (Å²) in [5.41, 5.74) is 1.88. The molecule has 0 aliphatic carbocycles. The molecule has 158 valence electrons. The first-order chi connectivity index (χ1) is 14.5. The topological polar surface area (TPSA) is 66.9 Å². The molecular formula is C23H25ClN2O4. The minimum absolute atomic E-state index is 0.0416. The second kappa shape index (κ2) is 10.3. The molecule has 2 aromatic rings. The number of carbonyl (C=O) groups excluding carboxylic acids is 3. The summed E-state index contributed by atoms with van der Waals surface area (Å²) in [6.45, 7) is 0.913. The highest BCUT2D eigenvalue weighted by Crippen LogP contribution is 2.23. The van der Waals surface area contributed by atoms with Crippen LogP contribution in [0.5, 0.6) is 0 Å². The zero-order valence-electron chi connectivity index (χ0n) is 16.9. The van der Waals surface area contributed by atoms with Gasteiger partial charge in [-0.2, -0.15) is 0 Å². The van der Waals surface area contributed by atoms with E-state index in [1.165, 1.54) is 12.0 Å². The molecule has 0 aromatic heterocycles. The van der Waals surface area contributed by atoms with Crippen LogP contribution in [0.1, 0.15) is 17.5 Å². The van der Waals surface area contributed by atoms with E-state index in [0.29, 0.717) is 18.1 Å². The fourth-order valence-electron chi connectivity index (χ4n) is 3.58. The van der Waals surface area contributed by atoms with Crippen LogP contribution in [-0.2, 0) is 32.1 Å². The van der Waals surface area contributed by atoms with Crippen LogP contribution >= 0.6 is 11.6 Å². The molecule has 2 amide bonds. The lowest BCUT2D eigenvalue weighted by molar-refractivity contribution is -0.148. The number of halogens is 1. The Morgan fingerprint density at radius 2 is 1.83 bits per heavy atom. The van der Waals surface area contributed by atoms with Gasteiger partial charge in [0.05, 0.1) is 13.0 Å². The average Bonchev–Trinajstić information content (AvgIpc) is 3.13. The van der Waals surface area contributed by atoms with Crippen LogP contribution in [0, 0.1) is 5.92 Å². The van der Waals surface area contributed by atoms with Crippen LogP contribution < -0.4 is 0 Å². The number of carbonyl (C=O) groups is 3. The standard InChI is InChI=1S/C23H25ClN2O4/c1-30-22(28)16-26(14-18-9-5-6-10-20(18)24)23(29)19-13-21(27)25(15-19)12-11-17-7-3-2-4-8-17/h2-10,19H,11-16H2,1H3/t19-/m1/s1. The van der Waals surface area contributed by atoms with E-state index in [1.54, 1.807) is 17.0 Å². The molecule has 0 bridgehead atoms. The molecule has 0 radical (unpaired) electrons. The van der Waals surface area contributed by atoms with Crippen molar-refractivity contribution < 1.29 is 19.1 Å². The third-order valence-electron chi connectivity index (χ3n) is 5.26. The van der Waals surface area contributed by atoms with Crippen molar-refractivity contribution in [3.8, 4) is 0 Å². The Bertz CT molecular complexity index is 903. The van der Waals surface area contributed by atoms with Crippen molar-refractivity contribution in [1.82, 2.24) is 9.80 Å². The number of ether oxygens (including phenoxy) is 1. The maximum atomic E-state index is 13.2. The van der Waals surface area contributed by atoms with Crippen LogP contribution in [0.3, 0.4) is 0 Å². The summed E-state index contributed by atoms with van der Waals surface area (Å²) in [6, 6.07) is 17.1. The molecule has 6 nitrogen and oxygen atoms in total. The number of rotatable bonds is 8. The van der Waals surface area contributed by atoms with Crippen molar-refractivity contribution in [3.05, 3.63) is 70.7 Å². The molecule has 0 spiro atoms. The maximum Gasteiger partial charge on any atom is 0.325 e. The fraction of sp³-hybridized carbons (Fsp3) is 0.348. The van der Waals surface area contributed by atoms with Crippen molar-refractivity contribution in [2.45, 2.75) is 19.4 Å². The van der Waals surface area contributed by atoms with Gasteiger partial charge in [0.1, 0.15) is 6.54 Å². The van der Waals surface area contributed by atoms with Gasteiger partial charge >= 0.3 is 5.97 Å². The monoisotopic (exact) mass is 428 g/mol. The summed E-state index contributed by atoms with van der Waals surface area (Å²) in [6.07, 6.45) is 0.882. The first-order valence-electron chi connectivity index (χ1n) is 9.88. The summed E-state index contributed by atoms with van der Waals surface area (Å²) in [5.74, 6) is -1.28. The minimum atomic E-state index is -0.513. The molecule has 0 saturated carbocycles. The predicted octanol–water partition coefficient (Wildman–Crippen LogP) is 2.93. The molecule has 3 rings (SSSR count). The Morgan fingerprint density at radius 1 is 1.13 bits per heavy atom. The lowest BCUT2D eigenvalue weighted by Crippen LogP contribution is -2.40. The Labute approximate surface area is 181 Å². The summed E-state index contributed by atoms with van der Waals surface area (Å²) >= 11 is 6.23. The van der Waals surface area contributed by atoms with Crippen LogP contribution in [0.15, 0.2) is 54.6 Å². The molecule has 0 unspecified atom stereocenters. The second-order valence-electron chi connectivity index (χ2n) is 7.34. The van der Waals surface area contributed by atoms with Crippen LogP contribution in [-0.4, -0.2) is 54.3 Å². The van der Waals surface area contributed by atoms with Gasteiger partial charge in [0.2, 0.25) is 11.8 Å². The molecule has 1 saturated heterocycles. The van der Waals surface area contributed by atoms with Crippen molar-refractivity contribution in [2.24, 2.45) is 5.92 Å². The highest BCUT2D eigenvalue weighted by Gasteiger charge is 2.37. The smallest absolute Gasteiger partial charge is 0.325 e. The van der Waals surface area contributed by atoms with Crippen molar-refractivity contribution >= 4 is 29.4 Å². The molecule has 0 N–H and O–H groups in total. The van der Waals surface area contributed by atoms with E-state index in [1.807, 2.05) is 42.5 Å². The normalized spacial score (nSPS) is 15.9. The number of esters is 1. The maximum absolute atomic E-state index is 13.2. The zero-order chi connectivity index (χ0) is 21.5. The molecule has 1 aliphatic heterocycles. The highest BCUT2D eigenvalue weighted by atomic mass is 35.5. The first-order valence-corrected chi connectivity index (χ1v) is 10.3. The molecular weight excluding hydrogens is 404 g/mol. The van der Waals surface area contributed by atoms with Gasteiger partial charge in [-0.1, -0.05) is 60.1 Å². The van der Waals surface area contributed by atoms with Crippen LogP contribution in [0.2, 0.25) is 5.02 Å². The third kappa shape index (κ3) is 5.60. The lowest BCUT2D eigenvalue weighted by Gasteiger charge is -2.25. The number of nitrogens with zero attached hydrogens (tertiary/aromatic N) is 2. The molecule has 1 aliphatic rings. The number of hydrogen-bond donors (Lipinski definition) is 0. The second-order valence-corrected chi connectivity index (χ2v) is 7.75. The quantitative estimate of drug-likeness (QED) is 0.606. The molecule has 2 aromatic carbocycles. The largest absolute Gasteiger partial charge is 0.468 e. The van der Waals surface area contributed by atoms with E-state index in [9.17, 15) is 14.4 Å². The van der Waals surface area contributed by atoms with E-state index in [-0.39, 0.29) is 31.3 Å². The van der Waals surface area contributed by atoms with Gasteiger partial charge in [-0.3, -0.25) is 14.4 Å². The van der Waals surface area contributed by atoms with Crippen LogP contribution in [0.4, 0.5) is 0 Å². The Kier molecular flexibility index (Phi) is 7.46. The van der Waals surface area contributed by atoms with E-state index < -0.39 is 11.9 Å². The average molecular weight is 429 g/mol. The Balaban J connectivity index is 1.66. The number of likely N-dealkylation sites (tertiary alicyclic amines) is 1. The number of amides is 2. The Hall–Kier alpha value is -2.86. The molecule has 30 heavy (non-hydrogen) atoms. The van der Waals surface area contributed by atoms with Gasteiger partial charge < -0.3 is 14.5 Å². The fourth-order valence-corrected chi connectivity index (χ4v) is 3.78. The van der Waals surface area contributed by atoms with Gasteiger partial charge in [0, 0.05) is 31.1 Å². The minimum Gasteiger partial charge on any atom is -0.468 e. The summed E-state index contributed by atoms with van der Waals surface area (Å²) in [4.78, 5) is 40.7. The van der Waals surface area contributed by atoms with Crippen molar-refractivity contribution in [1.29, 1.82) is 0 Å². The Morgan fingerprint density at radius 3 is 2.53 bits per heavy atom. The van der Waals surface area contributed by atoms with E-state index in [4.69, 9.17) is 16.3 Å². The SMILES string of the molecule is COC(=O)CN(Cc1ccccc1Cl)C(=O)[C@@H]1CC(=O)N(CCc2ccccc2)C1. The van der Waals surface area contributed by atoms with E-state index >= 15 is 0 Å². The highest BCUT2D eigenvalue weighted by molar-refractivity contribution is 6.31.